The molecule has 3 aromatic carbocycles. The quantitative estimate of drug-likeness (QED) is 0.583. The molecule has 0 aliphatic rings. The van der Waals surface area contributed by atoms with Crippen LogP contribution in [-0.4, -0.2) is 7.11 Å². The van der Waals surface area contributed by atoms with Crippen molar-refractivity contribution < 1.29 is 4.74 Å². The molecule has 0 amide bonds. The molecule has 3 aromatic rings. The zero-order valence-electron chi connectivity index (χ0n) is 13.1. The number of hydrogen-bond acceptors (Lipinski definition) is 1. The molecule has 0 heterocycles. The maximum Gasteiger partial charge on any atom is 0.126 e. The highest BCUT2D eigenvalue weighted by Crippen LogP contribution is 2.24. The summed E-state index contributed by atoms with van der Waals surface area (Å²) in [6.45, 7) is 0. The van der Waals surface area contributed by atoms with E-state index in [0.717, 1.165) is 28.0 Å². The van der Waals surface area contributed by atoms with E-state index in [4.69, 9.17) is 4.74 Å². The highest BCUT2D eigenvalue weighted by Gasteiger charge is 2.03. The maximum absolute atomic E-state index is 5.41. The molecule has 0 saturated carbocycles. The number of para-hydroxylation sites is 1. The number of benzene rings is 3. The first-order chi connectivity index (χ1) is 11.4. The van der Waals surface area contributed by atoms with Crippen molar-refractivity contribution >= 4 is 11.6 Å². The zero-order chi connectivity index (χ0) is 15.9. The normalized spacial score (nSPS) is 9.78. The molecule has 0 aliphatic carbocycles. The van der Waals surface area contributed by atoms with Crippen molar-refractivity contribution in [1.29, 1.82) is 0 Å². The van der Waals surface area contributed by atoms with Gasteiger partial charge >= 0.3 is 0 Å². The second-order valence-corrected chi connectivity index (χ2v) is 5.14. The third-order valence-corrected chi connectivity index (χ3v) is 3.64. The fourth-order valence-corrected chi connectivity index (χ4v) is 2.48. The minimum Gasteiger partial charge on any atom is -0.496 e. The SMILES string of the molecule is COc1ccccc1C=C=C(c1ccccc1)c1ccccc1. The summed E-state index contributed by atoms with van der Waals surface area (Å²) in [5.41, 5.74) is 7.82. The van der Waals surface area contributed by atoms with Crippen LogP contribution < -0.4 is 4.74 Å². The summed E-state index contributed by atoms with van der Waals surface area (Å²) in [5.74, 6) is 0.848. The molecule has 1 nitrogen and oxygen atoms in total. The van der Waals surface area contributed by atoms with Crippen LogP contribution in [0.1, 0.15) is 16.7 Å². The average Bonchev–Trinajstić information content (AvgIpc) is 2.64. The van der Waals surface area contributed by atoms with Crippen molar-refractivity contribution in [3.63, 3.8) is 0 Å². The molecular formula is C22H18O. The van der Waals surface area contributed by atoms with Crippen molar-refractivity contribution in [2.45, 2.75) is 0 Å². The number of methoxy groups -OCH3 is 1. The monoisotopic (exact) mass is 298 g/mol. The first-order valence-electron chi connectivity index (χ1n) is 7.59. The Hall–Kier alpha value is -3.02. The van der Waals surface area contributed by atoms with Gasteiger partial charge in [0.05, 0.1) is 7.11 Å². The van der Waals surface area contributed by atoms with E-state index in [1.165, 1.54) is 0 Å². The lowest BCUT2D eigenvalue weighted by molar-refractivity contribution is 0.414. The second-order valence-electron chi connectivity index (χ2n) is 5.14. The summed E-state index contributed by atoms with van der Waals surface area (Å²) < 4.78 is 5.41. The highest BCUT2D eigenvalue weighted by atomic mass is 16.5. The molecule has 0 bridgehead atoms. The molecule has 0 aromatic heterocycles. The fourth-order valence-electron chi connectivity index (χ4n) is 2.48. The van der Waals surface area contributed by atoms with Gasteiger partial charge in [0, 0.05) is 11.1 Å². The summed E-state index contributed by atoms with van der Waals surface area (Å²) in [5, 5.41) is 0. The summed E-state index contributed by atoms with van der Waals surface area (Å²) in [7, 11) is 1.69. The first-order valence-corrected chi connectivity index (χ1v) is 7.59. The molecule has 0 N–H and O–H groups in total. The molecule has 0 aliphatic heterocycles. The van der Waals surface area contributed by atoms with E-state index < -0.39 is 0 Å². The lowest BCUT2D eigenvalue weighted by Gasteiger charge is -2.06. The first kappa shape index (κ1) is 14.9. The lowest BCUT2D eigenvalue weighted by Crippen LogP contribution is -1.87. The molecule has 0 saturated heterocycles. The van der Waals surface area contributed by atoms with Gasteiger partial charge in [-0.25, -0.2) is 0 Å². The Morgan fingerprint density at radius 1 is 0.739 bits per heavy atom. The van der Waals surface area contributed by atoms with Gasteiger partial charge in [-0.05, 0) is 23.3 Å². The standard InChI is InChI=1S/C22H18O/c1-23-22-15-9-8-14-20(22)16-17-21(18-10-4-2-5-11-18)19-12-6-3-7-13-19/h2-16H,1H3. The third kappa shape index (κ3) is 3.60. The van der Waals surface area contributed by atoms with Gasteiger partial charge < -0.3 is 4.74 Å². The molecule has 0 unspecified atom stereocenters. The number of ether oxygens (including phenoxy) is 1. The van der Waals surface area contributed by atoms with Gasteiger partial charge in [-0.1, -0.05) is 78.9 Å². The molecule has 0 fully saturated rings. The highest BCUT2D eigenvalue weighted by molar-refractivity contribution is 5.81. The van der Waals surface area contributed by atoms with E-state index in [0.29, 0.717) is 0 Å². The van der Waals surface area contributed by atoms with Crippen molar-refractivity contribution in [1.82, 2.24) is 0 Å². The van der Waals surface area contributed by atoms with Gasteiger partial charge in [-0.3, -0.25) is 0 Å². The summed E-state index contributed by atoms with van der Waals surface area (Å²) in [4.78, 5) is 0. The van der Waals surface area contributed by atoms with E-state index in [-0.39, 0.29) is 0 Å². The van der Waals surface area contributed by atoms with Crippen LogP contribution in [0, 0.1) is 0 Å². The second kappa shape index (κ2) is 7.31. The van der Waals surface area contributed by atoms with Crippen molar-refractivity contribution in [2.24, 2.45) is 0 Å². The van der Waals surface area contributed by atoms with Crippen LogP contribution in [0.5, 0.6) is 5.75 Å². The maximum atomic E-state index is 5.41. The van der Waals surface area contributed by atoms with E-state index in [9.17, 15) is 0 Å². The smallest absolute Gasteiger partial charge is 0.126 e. The molecule has 1 heteroatoms. The largest absolute Gasteiger partial charge is 0.496 e. The van der Waals surface area contributed by atoms with Crippen LogP contribution in [0.2, 0.25) is 0 Å². The van der Waals surface area contributed by atoms with Crippen LogP contribution in [0.4, 0.5) is 0 Å². The Balaban J connectivity index is 2.14. The number of rotatable bonds is 4. The molecule has 0 spiro atoms. The molecule has 0 radical (unpaired) electrons. The van der Waals surface area contributed by atoms with Gasteiger partial charge in [-0.2, -0.15) is 0 Å². The van der Waals surface area contributed by atoms with Gasteiger partial charge in [0.25, 0.3) is 0 Å². The van der Waals surface area contributed by atoms with Crippen molar-refractivity contribution in [2.75, 3.05) is 7.11 Å². The van der Waals surface area contributed by atoms with Crippen LogP contribution in [0.15, 0.2) is 90.7 Å². The van der Waals surface area contributed by atoms with Crippen molar-refractivity contribution in [3.8, 4) is 5.75 Å². The summed E-state index contributed by atoms with van der Waals surface area (Å²) in [6.07, 6.45) is 1.98. The average molecular weight is 298 g/mol. The van der Waals surface area contributed by atoms with Crippen LogP contribution in [0.25, 0.3) is 11.6 Å². The molecule has 112 valence electrons. The van der Waals surface area contributed by atoms with E-state index >= 15 is 0 Å². The minimum atomic E-state index is 0.848. The summed E-state index contributed by atoms with van der Waals surface area (Å²) >= 11 is 0. The Kier molecular flexibility index (Phi) is 4.73. The van der Waals surface area contributed by atoms with Crippen LogP contribution in [0.3, 0.4) is 0 Å². The fraction of sp³-hybridized carbons (Fsp3) is 0.0455. The van der Waals surface area contributed by atoms with E-state index in [1.807, 2.05) is 66.7 Å². The Morgan fingerprint density at radius 3 is 1.83 bits per heavy atom. The van der Waals surface area contributed by atoms with Gasteiger partial charge in [-0.15, -0.1) is 5.73 Å². The van der Waals surface area contributed by atoms with Gasteiger partial charge in [0.2, 0.25) is 0 Å². The lowest BCUT2D eigenvalue weighted by atomic mass is 9.98. The minimum absolute atomic E-state index is 0.848. The third-order valence-electron chi connectivity index (χ3n) is 3.64. The van der Waals surface area contributed by atoms with Crippen molar-refractivity contribution in [3.05, 3.63) is 107 Å². The van der Waals surface area contributed by atoms with Crippen LogP contribution >= 0.6 is 0 Å². The topological polar surface area (TPSA) is 9.23 Å². The molecular weight excluding hydrogens is 280 g/mol. The molecule has 23 heavy (non-hydrogen) atoms. The zero-order valence-corrected chi connectivity index (χ0v) is 13.1. The Bertz CT molecular complexity index is 785. The van der Waals surface area contributed by atoms with Gasteiger partial charge in [0.15, 0.2) is 0 Å². The number of hydrogen-bond donors (Lipinski definition) is 0. The predicted octanol–water partition coefficient (Wildman–Crippen LogP) is 5.44. The van der Waals surface area contributed by atoms with E-state index in [1.54, 1.807) is 7.11 Å². The Labute approximate surface area is 137 Å². The van der Waals surface area contributed by atoms with Crippen LogP contribution in [-0.2, 0) is 0 Å². The molecule has 0 atom stereocenters. The Morgan fingerprint density at radius 2 is 1.26 bits per heavy atom. The summed E-state index contributed by atoms with van der Waals surface area (Å²) in [6, 6.07) is 28.6. The predicted molar refractivity (Wildman–Crippen MR) is 96.4 cm³/mol. The van der Waals surface area contributed by atoms with E-state index in [2.05, 4.69) is 30.0 Å². The molecule has 3 rings (SSSR count). The van der Waals surface area contributed by atoms with Gasteiger partial charge in [0.1, 0.15) is 5.75 Å².